The van der Waals surface area contributed by atoms with Gasteiger partial charge < -0.3 is 31.1 Å². The molecule has 3 unspecified atom stereocenters. The van der Waals surface area contributed by atoms with Gasteiger partial charge in [-0.2, -0.15) is 0 Å². The number of hydrogen-bond acceptors (Lipinski definition) is 6. The molecule has 4 amide bonds. The molecule has 1 saturated carbocycles. The van der Waals surface area contributed by atoms with Gasteiger partial charge in [-0.15, -0.1) is 0 Å². The van der Waals surface area contributed by atoms with Gasteiger partial charge in [-0.25, -0.2) is 4.79 Å². The molecular formula is C26H46N4O6. The van der Waals surface area contributed by atoms with Crippen LogP contribution in [0.3, 0.4) is 0 Å². The van der Waals surface area contributed by atoms with Gasteiger partial charge in [-0.05, 0) is 56.8 Å². The number of ether oxygens (including phenoxy) is 1. The average molecular weight is 511 g/mol. The minimum atomic E-state index is -1.50. The summed E-state index contributed by atoms with van der Waals surface area (Å²) in [6.07, 6.45) is 0.647. The van der Waals surface area contributed by atoms with Gasteiger partial charge in [0.1, 0.15) is 17.7 Å². The van der Waals surface area contributed by atoms with Crippen molar-refractivity contribution in [2.45, 2.75) is 111 Å². The third-order valence-electron chi connectivity index (χ3n) is 6.92. The van der Waals surface area contributed by atoms with E-state index < -0.39 is 53.2 Å². The molecule has 36 heavy (non-hydrogen) atoms. The number of aliphatic hydroxyl groups excluding tert-OH is 1. The Kier molecular flexibility index (Phi) is 9.42. The van der Waals surface area contributed by atoms with Crippen molar-refractivity contribution in [3.05, 3.63) is 0 Å². The maximum atomic E-state index is 13.8. The van der Waals surface area contributed by atoms with Gasteiger partial charge >= 0.3 is 6.09 Å². The van der Waals surface area contributed by atoms with Crippen molar-refractivity contribution in [3.63, 3.8) is 0 Å². The Morgan fingerprint density at radius 3 is 2.08 bits per heavy atom. The highest BCUT2D eigenvalue weighted by atomic mass is 16.6. The van der Waals surface area contributed by atoms with Crippen LogP contribution in [-0.2, 0) is 19.1 Å². The van der Waals surface area contributed by atoms with Gasteiger partial charge in [0.15, 0.2) is 6.10 Å². The molecule has 2 aliphatic rings. The molecular weight excluding hydrogens is 464 g/mol. The second kappa shape index (κ2) is 11.4. The Morgan fingerprint density at radius 2 is 1.64 bits per heavy atom. The number of rotatable bonds is 9. The molecule has 2 fully saturated rings. The fourth-order valence-electron chi connectivity index (χ4n) is 4.54. The van der Waals surface area contributed by atoms with Crippen LogP contribution in [0, 0.1) is 23.2 Å². The lowest BCUT2D eigenvalue weighted by Crippen LogP contribution is -2.59. The molecule has 0 bridgehead atoms. The normalized spacial score (nSPS) is 23.1. The molecule has 206 valence electrons. The molecule has 0 spiro atoms. The number of primary amides is 1. The number of carbonyl (C=O) groups excluding carboxylic acids is 4. The number of aliphatic hydroxyl groups is 1. The predicted molar refractivity (Wildman–Crippen MR) is 136 cm³/mol. The van der Waals surface area contributed by atoms with Crippen LogP contribution in [0.4, 0.5) is 4.79 Å². The number of nitrogens with one attached hydrogen (secondary N) is 2. The number of amides is 4. The number of likely N-dealkylation sites (tertiary alicyclic amines) is 1. The smallest absolute Gasteiger partial charge is 0.408 e. The summed E-state index contributed by atoms with van der Waals surface area (Å²) >= 11 is 0. The zero-order valence-electron chi connectivity index (χ0n) is 23.1. The van der Waals surface area contributed by atoms with Crippen molar-refractivity contribution in [3.8, 4) is 0 Å². The zero-order valence-corrected chi connectivity index (χ0v) is 23.1. The SMILES string of the molecule is CC(C)[C@@H]1CC(C(=O)NC(CC2CC2)C(O)C(N)=O)N(C(=O)[C@@H](NC(=O)OC(C)(C)C)C(C)(C)C)C1. The fourth-order valence-corrected chi connectivity index (χ4v) is 4.54. The van der Waals surface area contributed by atoms with Crippen LogP contribution in [0.2, 0.25) is 0 Å². The molecule has 1 heterocycles. The van der Waals surface area contributed by atoms with Crippen LogP contribution in [0.25, 0.3) is 0 Å². The second-order valence-corrected chi connectivity index (χ2v) is 12.8. The number of hydrogen-bond donors (Lipinski definition) is 4. The summed E-state index contributed by atoms with van der Waals surface area (Å²) in [5.41, 5.74) is 3.94. The van der Waals surface area contributed by atoms with Crippen LogP contribution < -0.4 is 16.4 Å². The molecule has 0 radical (unpaired) electrons. The number of nitrogens with zero attached hydrogens (tertiary/aromatic N) is 1. The summed E-state index contributed by atoms with van der Waals surface area (Å²) in [6.45, 7) is 15.2. The van der Waals surface area contributed by atoms with Gasteiger partial charge in [0.05, 0.1) is 6.04 Å². The summed E-state index contributed by atoms with van der Waals surface area (Å²) in [7, 11) is 0. The lowest BCUT2D eigenvalue weighted by atomic mass is 9.85. The maximum absolute atomic E-state index is 13.8. The van der Waals surface area contributed by atoms with Crippen molar-refractivity contribution in [1.29, 1.82) is 0 Å². The van der Waals surface area contributed by atoms with Crippen LogP contribution in [-0.4, -0.2) is 70.2 Å². The summed E-state index contributed by atoms with van der Waals surface area (Å²) in [4.78, 5) is 53.1. The molecule has 1 saturated heterocycles. The summed E-state index contributed by atoms with van der Waals surface area (Å²) in [5, 5.41) is 15.9. The minimum Gasteiger partial charge on any atom is -0.444 e. The monoisotopic (exact) mass is 510 g/mol. The molecule has 5 atom stereocenters. The highest BCUT2D eigenvalue weighted by molar-refractivity contribution is 5.93. The lowest BCUT2D eigenvalue weighted by Gasteiger charge is -2.36. The molecule has 1 aliphatic carbocycles. The first kappa shape index (κ1) is 29.9. The van der Waals surface area contributed by atoms with E-state index in [1.165, 1.54) is 4.90 Å². The van der Waals surface area contributed by atoms with E-state index >= 15 is 0 Å². The fraction of sp³-hybridized carbons (Fsp3) is 0.846. The van der Waals surface area contributed by atoms with E-state index in [0.717, 1.165) is 12.8 Å². The standard InChI is InChI=1S/C26H46N4O6/c1-14(2)16-12-18(22(33)28-17(11-15-9-10-15)19(31)21(27)32)30(13-16)23(34)20(25(3,4)5)29-24(35)36-26(6,7)8/h14-20,31H,9-13H2,1-8H3,(H2,27,32)(H,28,33)(H,29,35)/t16-,17?,18?,19?,20-/m1/s1. The minimum absolute atomic E-state index is 0.0785. The van der Waals surface area contributed by atoms with Gasteiger partial charge in [0.25, 0.3) is 0 Å². The van der Waals surface area contributed by atoms with Crippen molar-refractivity contribution in [2.24, 2.45) is 28.9 Å². The van der Waals surface area contributed by atoms with Crippen molar-refractivity contribution < 1.29 is 29.0 Å². The van der Waals surface area contributed by atoms with Crippen LogP contribution >= 0.6 is 0 Å². The highest BCUT2D eigenvalue weighted by Gasteiger charge is 2.46. The van der Waals surface area contributed by atoms with Gasteiger partial charge in [0, 0.05) is 6.54 Å². The molecule has 0 aromatic heterocycles. The largest absolute Gasteiger partial charge is 0.444 e. The molecule has 2 rings (SSSR count). The Bertz CT molecular complexity index is 827. The molecule has 1 aliphatic heterocycles. The Balaban J connectivity index is 2.28. The lowest BCUT2D eigenvalue weighted by molar-refractivity contribution is -0.143. The van der Waals surface area contributed by atoms with Crippen LogP contribution in [0.5, 0.6) is 0 Å². The Morgan fingerprint density at radius 1 is 1.06 bits per heavy atom. The summed E-state index contributed by atoms with van der Waals surface area (Å²) in [5.74, 6) is -1.06. The number of carbonyl (C=O) groups is 4. The first-order valence-electron chi connectivity index (χ1n) is 13.0. The number of nitrogens with two attached hydrogens (primary N) is 1. The van der Waals surface area contributed by atoms with E-state index in [0.29, 0.717) is 25.3 Å². The molecule has 0 aromatic rings. The topological polar surface area (TPSA) is 151 Å². The first-order chi connectivity index (χ1) is 16.4. The van der Waals surface area contributed by atoms with E-state index in [2.05, 4.69) is 10.6 Å². The third kappa shape index (κ3) is 8.35. The molecule has 0 aromatic carbocycles. The first-order valence-corrected chi connectivity index (χ1v) is 13.0. The van der Waals surface area contributed by atoms with Gasteiger partial charge in [-0.3, -0.25) is 14.4 Å². The second-order valence-electron chi connectivity index (χ2n) is 12.8. The Hall–Kier alpha value is -2.36. The third-order valence-corrected chi connectivity index (χ3v) is 6.92. The maximum Gasteiger partial charge on any atom is 0.408 e. The van der Waals surface area contributed by atoms with Gasteiger partial charge in [0.2, 0.25) is 17.7 Å². The van der Waals surface area contributed by atoms with Crippen LogP contribution in [0.1, 0.15) is 81.1 Å². The molecule has 5 N–H and O–H groups in total. The molecule has 10 heteroatoms. The Labute approximate surface area is 215 Å². The number of alkyl carbamates (subject to hydrolysis) is 1. The van der Waals surface area contributed by atoms with E-state index in [9.17, 15) is 24.3 Å². The van der Waals surface area contributed by atoms with E-state index in [1.807, 2.05) is 34.6 Å². The quantitative estimate of drug-likeness (QED) is 0.372. The molecule has 10 nitrogen and oxygen atoms in total. The predicted octanol–water partition coefficient (Wildman–Crippen LogP) is 1.93. The van der Waals surface area contributed by atoms with E-state index in [4.69, 9.17) is 10.5 Å². The van der Waals surface area contributed by atoms with Crippen molar-refractivity contribution in [2.75, 3.05) is 6.54 Å². The summed E-state index contributed by atoms with van der Waals surface area (Å²) < 4.78 is 5.38. The van der Waals surface area contributed by atoms with E-state index in [-0.39, 0.29) is 17.7 Å². The van der Waals surface area contributed by atoms with E-state index in [1.54, 1.807) is 20.8 Å². The highest BCUT2D eigenvalue weighted by Crippen LogP contribution is 2.35. The van der Waals surface area contributed by atoms with Crippen molar-refractivity contribution >= 4 is 23.8 Å². The average Bonchev–Trinajstić information content (AvgIpc) is 3.41. The summed E-state index contributed by atoms with van der Waals surface area (Å²) in [6, 6.07) is -2.53. The zero-order chi connectivity index (χ0) is 27.6. The van der Waals surface area contributed by atoms with Crippen molar-refractivity contribution in [1.82, 2.24) is 15.5 Å². The van der Waals surface area contributed by atoms with Gasteiger partial charge in [-0.1, -0.05) is 47.5 Å². The van der Waals surface area contributed by atoms with Crippen LogP contribution in [0.15, 0.2) is 0 Å².